The highest BCUT2D eigenvalue weighted by Gasteiger charge is 2.10. The van der Waals surface area contributed by atoms with Crippen LogP contribution in [-0.2, 0) is 4.74 Å². The van der Waals surface area contributed by atoms with Crippen LogP contribution in [-0.4, -0.2) is 34.7 Å². The standard InChI is InChI=1S/C13H18BNO6/c16-13(11-5-7-12(8-6-11)15(19)20)21-10-4-2-1-3-9-14(17)18/h5-8,17-18H,1-4,9-10H2. The Morgan fingerprint density at radius 2 is 1.76 bits per heavy atom. The third kappa shape index (κ3) is 6.87. The summed E-state index contributed by atoms with van der Waals surface area (Å²) in [7, 11) is -1.26. The van der Waals surface area contributed by atoms with Gasteiger partial charge in [0.05, 0.1) is 17.1 Å². The van der Waals surface area contributed by atoms with E-state index in [1.807, 2.05) is 0 Å². The summed E-state index contributed by atoms with van der Waals surface area (Å²) in [4.78, 5) is 21.6. The van der Waals surface area contributed by atoms with E-state index in [0.717, 1.165) is 12.8 Å². The molecule has 1 rings (SSSR count). The molecule has 0 aromatic heterocycles. The molecule has 0 saturated heterocycles. The number of hydrogen-bond acceptors (Lipinski definition) is 6. The molecule has 2 N–H and O–H groups in total. The molecule has 0 atom stereocenters. The fourth-order valence-electron chi connectivity index (χ4n) is 1.75. The number of unbranched alkanes of at least 4 members (excludes halogenated alkanes) is 3. The predicted octanol–water partition coefficient (Wildman–Crippen LogP) is 1.78. The lowest BCUT2D eigenvalue weighted by Crippen LogP contribution is -2.09. The van der Waals surface area contributed by atoms with Crippen LogP contribution in [0.1, 0.15) is 36.0 Å². The Morgan fingerprint density at radius 1 is 1.14 bits per heavy atom. The molecule has 0 spiro atoms. The van der Waals surface area contributed by atoms with Gasteiger partial charge in [-0.3, -0.25) is 10.1 Å². The van der Waals surface area contributed by atoms with Crippen molar-refractivity contribution in [3.05, 3.63) is 39.9 Å². The van der Waals surface area contributed by atoms with Crippen molar-refractivity contribution < 1.29 is 24.5 Å². The van der Waals surface area contributed by atoms with Crippen LogP contribution in [0, 0.1) is 10.1 Å². The molecule has 0 aliphatic carbocycles. The number of benzene rings is 1. The SMILES string of the molecule is O=C(OCCCCCCB(O)O)c1ccc([N+](=O)[O-])cc1. The highest BCUT2D eigenvalue weighted by atomic mass is 16.6. The molecule has 1 aromatic carbocycles. The first-order valence-corrected chi connectivity index (χ1v) is 6.78. The van der Waals surface area contributed by atoms with E-state index < -0.39 is 18.0 Å². The van der Waals surface area contributed by atoms with Crippen molar-refractivity contribution in [3.8, 4) is 0 Å². The molecule has 0 fully saturated rings. The van der Waals surface area contributed by atoms with E-state index in [0.29, 0.717) is 19.2 Å². The maximum Gasteiger partial charge on any atom is 0.451 e. The minimum absolute atomic E-state index is 0.0716. The van der Waals surface area contributed by atoms with E-state index in [9.17, 15) is 14.9 Å². The summed E-state index contributed by atoms with van der Waals surface area (Å²) in [5.41, 5.74) is 0.210. The Morgan fingerprint density at radius 3 is 2.33 bits per heavy atom. The molecule has 0 amide bonds. The molecular weight excluding hydrogens is 277 g/mol. The first-order valence-electron chi connectivity index (χ1n) is 6.78. The smallest absolute Gasteiger partial charge is 0.451 e. The van der Waals surface area contributed by atoms with Gasteiger partial charge in [-0.15, -0.1) is 0 Å². The van der Waals surface area contributed by atoms with Gasteiger partial charge in [0.25, 0.3) is 5.69 Å². The maximum atomic E-state index is 11.6. The van der Waals surface area contributed by atoms with Gasteiger partial charge in [-0.25, -0.2) is 4.79 Å². The summed E-state index contributed by atoms with van der Waals surface area (Å²) in [5, 5.41) is 27.8. The second-order valence-corrected chi connectivity index (χ2v) is 4.62. The zero-order valence-electron chi connectivity index (χ0n) is 11.6. The summed E-state index contributed by atoms with van der Waals surface area (Å²) in [6.45, 7) is 0.275. The molecule has 7 nitrogen and oxygen atoms in total. The van der Waals surface area contributed by atoms with Gasteiger partial charge < -0.3 is 14.8 Å². The first-order chi connectivity index (χ1) is 10.0. The lowest BCUT2D eigenvalue weighted by Gasteiger charge is -2.05. The van der Waals surface area contributed by atoms with Crippen LogP contribution < -0.4 is 0 Å². The van der Waals surface area contributed by atoms with Crippen molar-refractivity contribution in [1.29, 1.82) is 0 Å². The molecule has 0 aliphatic rings. The van der Waals surface area contributed by atoms with Crippen LogP contribution in [0.3, 0.4) is 0 Å². The zero-order chi connectivity index (χ0) is 15.7. The van der Waals surface area contributed by atoms with Gasteiger partial charge in [0.15, 0.2) is 0 Å². The Balaban J connectivity index is 2.20. The van der Waals surface area contributed by atoms with Gasteiger partial charge in [0.1, 0.15) is 0 Å². The van der Waals surface area contributed by atoms with Gasteiger partial charge >= 0.3 is 13.1 Å². The zero-order valence-corrected chi connectivity index (χ0v) is 11.6. The van der Waals surface area contributed by atoms with E-state index in [1.54, 1.807) is 0 Å². The summed E-state index contributed by atoms with van der Waals surface area (Å²) in [5.74, 6) is -0.504. The van der Waals surface area contributed by atoms with E-state index in [2.05, 4.69) is 0 Å². The summed E-state index contributed by atoms with van der Waals surface area (Å²) in [6, 6.07) is 5.25. The minimum Gasteiger partial charge on any atom is -0.462 e. The number of carbonyl (C=O) groups is 1. The number of esters is 1. The van der Waals surface area contributed by atoms with Crippen LogP contribution in [0.2, 0.25) is 6.32 Å². The second kappa shape index (κ2) is 9.09. The Bertz CT molecular complexity index is 462. The third-order valence-electron chi connectivity index (χ3n) is 2.90. The lowest BCUT2D eigenvalue weighted by molar-refractivity contribution is -0.384. The lowest BCUT2D eigenvalue weighted by atomic mass is 9.83. The molecular formula is C13H18BNO6. The molecule has 0 bridgehead atoms. The highest BCUT2D eigenvalue weighted by Crippen LogP contribution is 2.13. The molecule has 21 heavy (non-hydrogen) atoms. The number of carbonyl (C=O) groups excluding carboxylic acids is 1. The number of rotatable bonds is 9. The summed E-state index contributed by atoms with van der Waals surface area (Å²) in [6.07, 6.45) is 3.43. The van der Waals surface area contributed by atoms with Crippen LogP contribution in [0.5, 0.6) is 0 Å². The van der Waals surface area contributed by atoms with Crippen molar-refractivity contribution in [2.24, 2.45) is 0 Å². The summed E-state index contributed by atoms with van der Waals surface area (Å²) >= 11 is 0. The quantitative estimate of drug-likeness (QED) is 0.236. The normalized spacial score (nSPS) is 10.2. The van der Waals surface area contributed by atoms with Crippen molar-refractivity contribution >= 4 is 18.8 Å². The van der Waals surface area contributed by atoms with Gasteiger partial charge in [0.2, 0.25) is 0 Å². The van der Waals surface area contributed by atoms with Gasteiger partial charge in [0, 0.05) is 12.1 Å². The van der Waals surface area contributed by atoms with E-state index in [-0.39, 0.29) is 17.9 Å². The van der Waals surface area contributed by atoms with Gasteiger partial charge in [-0.05, 0) is 24.9 Å². The Kier molecular flexibility index (Phi) is 7.42. The number of ether oxygens (including phenoxy) is 1. The monoisotopic (exact) mass is 295 g/mol. The molecule has 114 valence electrons. The van der Waals surface area contributed by atoms with E-state index >= 15 is 0 Å². The van der Waals surface area contributed by atoms with E-state index in [1.165, 1.54) is 24.3 Å². The first kappa shape index (κ1) is 17.1. The molecule has 0 aliphatic heterocycles. The number of nitro benzene ring substituents is 1. The predicted molar refractivity (Wildman–Crippen MR) is 76.8 cm³/mol. The topological polar surface area (TPSA) is 110 Å². The number of non-ortho nitro benzene ring substituents is 1. The van der Waals surface area contributed by atoms with Crippen molar-refractivity contribution in [2.75, 3.05) is 6.61 Å². The van der Waals surface area contributed by atoms with E-state index in [4.69, 9.17) is 14.8 Å². The van der Waals surface area contributed by atoms with Crippen LogP contribution in [0.25, 0.3) is 0 Å². The van der Waals surface area contributed by atoms with Crippen LogP contribution >= 0.6 is 0 Å². The van der Waals surface area contributed by atoms with Gasteiger partial charge in [-0.1, -0.05) is 19.3 Å². The minimum atomic E-state index is -1.26. The van der Waals surface area contributed by atoms with Crippen molar-refractivity contribution in [2.45, 2.75) is 32.0 Å². The number of nitrogens with zero attached hydrogens (tertiary/aromatic N) is 1. The third-order valence-corrected chi connectivity index (χ3v) is 2.90. The number of hydrogen-bond donors (Lipinski definition) is 2. The Hall–Kier alpha value is -1.93. The highest BCUT2D eigenvalue weighted by molar-refractivity contribution is 6.40. The fraction of sp³-hybridized carbons (Fsp3) is 0.462. The molecule has 8 heteroatoms. The van der Waals surface area contributed by atoms with Crippen molar-refractivity contribution in [1.82, 2.24) is 0 Å². The molecule has 0 saturated carbocycles. The second-order valence-electron chi connectivity index (χ2n) is 4.62. The average Bonchev–Trinajstić information content (AvgIpc) is 2.45. The van der Waals surface area contributed by atoms with Crippen molar-refractivity contribution in [3.63, 3.8) is 0 Å². The fourth-order valence-corrected chi connectivity index (χ4v) is 1.75. The number of nitro groups is 1. The van der Waals surface area contributed by atoms with Gasteiger partial charge in [-0.2, -0.15) is 0 Å². The molecule has 0 heterocycles. The average molecular weight is 295 g/mol. The molecule has 0 radical (unpaired) electrons. The Labute approximate surface area is 122 Å². The molecule has 0 unspecified atom stereocenters. The van der Waals surface area contributed by atoms with Crippen LogP contribution in [0.4, 0.5) is 5.69 Å². The largest absolute Gasteiger partial charge is 0.462 e. The maximum absolute atomic E-state index is 11.6. The molecule has 1 aromatic rings. The summed E-state index contributed by atoms with van der Waals surface area (Å²) < 4.78 is 5.05. The van der Waals surface area contributed by atoms with Crippen LogP contribution in [0.15, 0.2) is 24.3 Å².